The van der Waals surface area contributed by atoms with Crippen LogP contribution in [0.5, 0.6) is 0 Å². The number of carboxylic acids is 1. The first-order valence-corrected chi connectivity index (χ1v) is 6.41. The summed E-state index contributed by atoms with van der Waals surface area (Å²) in [6, 6.07) is 0. The van der Waals surface area contributed by atoms with Crippen molar-refractivity contribution in [2.24, 2.45) is 0 Å². The number of rotatable bonds is 4. The van der Waals surface area contributed by atoms with Crippen molar-refractivity contribution in [1.29, 1.82) is 0 Å². The van der Waals surface area contributed by atoms with Gasteiger partial charge in [-0.15, -0.1) is 0 Å². The van der Waals surface area contributed by atoms with Gasteiger partial charge in [0.2, 0.25) is 5.89 Å². The molecule has 0 saturated carbocycles. The van der Waals surface area contributed by atoms with Crippen molar-refractivity contribution in [3.8, 4) is 0 Å². The SMILES string of the molecule is Cc1nc(Cn2c(C)c(C(C)C(=O)O)c(C)nc2=O)no1. The van der Waals surface area contributed by atoms with Gasteiger partial charge in [-0.1, -0.05) is 5.16 Å². The summed E-state index contributed by atoms with van der Waals surface area (Å²) in [4.78, 5) is 31.2. The molecule has 0 aromatic carbocycles. The lowest BCUT2D eigenvalue weighted by molar-refractivity contribution is -0.138. The quantitative estimate of drug-likeness (QED) is 0.886. The molecular weight excluding hydrogens is 276 g/mol. The third-order valence-electron chi connectivity index (χ3n) is 3.35. The van der Waals surface area contributed by atoms with E-state index < -0.39 is 17.6 Å². The van der Waals surface area contributed by atoms with E-state index >= 15 is 0 Å². The third-order valence-corrected chi connectivity index (χ3v) is 3.35. The van der Waals surface area contributed by atoms with E-state index in [9.17, 15) is 14.7 Å². The molecule has 2 aromatic heterocycles. The van der Waals surface area contributed by atoms with Crippen LogP contribution in [0.1, 0.15) is 41.5 Å². The second-order valence-corrected chi connectivity index (χ2v) is 4.85. The molecule has 8 nitrogen and oxygen atoms in total. The van der Waals surface area contributed by atoms with Crippen LogP contribution in [0.4, 0.5) is 0 Å². The Bertz CT molecular complexity index is 747. The van der Waals surface area contributed by atoms with Crippen LogP contribution in [-0.2, 0) is 11.3 Å². The van der Waals surface area contributed by atoms with Crippen molar-refractivity contribution < 1.29 is 14.4 Å². The van der Waals surface area contributed by atoms with E-state index in [1.165, 1.54) is 4.57 Å². The van der Waals surface area contributed by atoms with Crippen LogP contribution in [0.15, 0.2) is 9.32 Å². The average molecular weight is 292 g/mol. The first kappa shape index (κ1) is 14.9. The number of carboxylic acid groups (broad SMARTS) is 1. The molecule has 0 aliphatic rings. The number of aryl methyl sites for hydroxylation is 2. The molecule has 2 rings (SSSR count). The summed E-state index contributed by atoms with van der Waals surface area (Å²) in [5, 5.41) is 12.9. The van der Waals surface area contributed by atoms with Gasteiger partial charge in [0.25, 0.3) is 0 Å². The van der Waals surface area contributed by atoms with E-state index in [1.54, 1.807) is 27.7 Å². The maximum Gasteiger partial charge on any atom is 0.348 e. The van der Waals surface area contributed by atoms with Crippen molar-refractivity contribution in [2.75, 3.05) is 0 Å². The van der Waals surface area contributed by atoms with Gasteiger partial charge in [0, 0.05) is 23.9 Å². The molecule has 0 bridgehead atoms. The minimum atomic E-state index is -0.969. The summed E-state index contributed by atoms with van der Waals surface area (Å²) >= 11 is 0. The predicted molar refractivity (Wildman–Crippen MR) is 72.2 cm³/mol. The molecule has 0 amide bonds. The number of hydrogen-bond acceptors (Lipinski definition) is 6. The molecule has 21 heavy (non-hydrogen) atoms. The minimum absolute atomic E-state index is 0.0919. The van der Waals surface area contributed by atoms with Crippen molar-refractivity contribution in [1.82, 2.24) is 19.7 Å². The Hall–Kier alpha value is -2.51. The van der Waals surface area contributed by atoms with Crippen LogP contribution < -0.4 is 5.69 Å². The second kappa shape index (κ2) is 5.47. The highest BCUT2D eigenvalue weighted by molar-refractivity contribution is 5.76. The lowest BCUT2D eigenvalue weighted by Gasteiger charge is -2.17. The van der Waals surface area contributed by atoms with Gasteiger partial charge in [0.05, 0.1) is 12.5 Å². The van der Waals surface area contributed by atoms with Gasteiger partial charge in [-0.3, -0.25) is 9.36 Å². The zero-order valence-corrected chi connectivity index (χ0v) is 12.2. The van der Waals surface area contributed by atoms with Crippen molar-refractivity contribution in [3.05, 3.63) is 39.2 Å². The van der Waals surface area contributed by atoms with E-state index in [2.05, 4.69) is 15.1 Å². The van der Waals surface area contributed by atoms with Crippen LogP contribution in [-0.4, -0.2) is 30.8 Å². The van der Waals surface area contributed by atoms with Gasteiger partial charge in [-0.25, -0.2) is 4.79 Å². The molecule has 1 N–H and O–H groups in total. The lowest BCUT2D eigenvalue weighted by Crippen LogP contribution is -2.30. The third kappa shape index (κ3) is 2.83. The summed E-state index contributed by atoms with van der Waals surface area (Å²) in [7, 11) is 0. The number of nitrogens with zero attached hydrogens (tertiary/aromatic N) is 4. The number of aromatic nitrogens is 4. The van der Waals surface area contributed by atoms with E-state index in [-0.39, 0.29) is 6.54 Å². The van der Waals surface area contributed by atoms with E-state index in [4.69, 9.17) is 4.52 Å². The second-order valence-electron chi connectivity index (χ2n) is 4.85. The molecule has 0 aliphatic heterocycles. The Morgan fingerprint density at radius 2 is 2.00 bits per heavy atom. The van der Waals surface area contributed by atoms with Crippen LogP contribution in [0.3, 0.4) is 0 Å². The van der Waals surface area contributed by atoms with Crippen LogP contribution >= 0.6 is 0 Å². The maximum atomic E-state index is 12.0. The smallest absolute Gasteiger partial charge is 0.348 e. The largest absolute Gasteiger partial charge is 0.481 e. The summed E-state index contributed by atoms with van der Waals surface area (Å²) in [5.41, 5.74) is 1.04. The van der Waals surface area contributed by atoms with Gasteiger partial charge < -0.3 is 9.63 Å². The molecule has 0 radical (unpaired) electrons. The fourth-order valence-electron chi connectivity index (χ4n) is 2.30. The summed E-state index contributed by atoms with van der Waals surface area (Å²) in [6.07, 6.45) is 0. The molecule has 0 spiro atoms. The molecule has 1 unspecified atom stereocenters. The lowest BCUT2D eigenvalue weighted by atomic mass is 9.98. The Morgan fingerprint density at radius 1 is 1.33 bits per heavy atom. The maximum absolute atomic E-state index is 12.0. The van der Waals surface area contributed by atoms with Gasteiger partial charge in [-0.05, 0) is 20.8 Å². The molecular formula is C13H16N4O4. The normalized spacial score (nSPS) is 12.4. The fourth-order valence-corrected chi connectivity index (χ4v) is 2.30. The zero-order chi connectivity index (χ0) is 15.7. The van der Waals surface area contributed by atoms with Gasteiger partial charge in [0.1, 0.15) is 0 Å². The topological polar surface area (TPSA) is 111 Å². The summed E-state index contributed by atoms with van der Waals surface area (Å²) < 4.78 is 6.22. The summed E-state index contributed by atoms with van der Waals surface area (Å²) in [6.45, 7) is 6.63. The van der Waals surface area contributed by atoms with Gasteiger partial charge in [0.15, 0.2) is 5.82 Å². The highest BCUT2D eigenvalue weighted by atomic mass is 16.5. The minimum Gasteiger partial charge on any atom is -0.481 e. The molecule has 2 aromatic rings. The standard InChI is InChI=1S/C13H16N4O4/c1-6(12(18)19)11-7(2)14-13(20)17(8(11)3)5-10-15-9(4)21-16-10/h6H,5H2,1-4H3,(H,18,19). The van der Waals surface area contributed by atoms with Crippen molar-refractivity contribution >= 4 is 5.97 Å². The van der Waals surface area contributed by atoms with Crippen LogP contribution in [0, 0.1) is 20.8 Å². The highest BCUT2D eigenvalue weighted by Crippen LogP contribution is 2.21. The molecule has 1 atom stereocenters. The van der Waals surface area contributed by atoms with E-state index in [1.807, 2.05) is 0 Å². The first-order valence-electron chi connectivity index (χ1n) is 6.41. The van der Waals surface area contributed by atoms with Crippen LogP contribution in [0.25, 0.3) is 0 Å². The Balaban J connectivity index is 2.53. The van der Waals surface area contributed by atoms with Gasteiger partial charge >= 0.3 is 11.7 Å². The molecule has 112 valence electrons. The van der Waals surface area contributed by atoms with E-state index in [0.717, 1.165) is 0 Å². The molecule has 0 fully saturated rings. The highest BCUT2D eigenvalue weighted by Gasteiger charge is 2.22. The molecule has 8 heteroatoms. The van der Waals surface area contributed by atoms with Crippen molar-refractivity contribution in [2.45, 2.75) is 40.2 Å². The monoisotopic (exact) mass is 292 g/mol. The zero-order valence-electron chi connectivity index (χ0n) is 12.2. The Kier molecular flexibility index (Phi) is 3.88. The van der Waals surface area contributed by atoms with Gasteiger partial charge in [-0.2, -0.15) is 9.97 Å². The molecule has 2 heterocycles. The summed E-state index contributed by atoms with van der Waals surface area (Å²) in [5.74, 6) is -0.979. The number of carbonyl (C=O) groups is 1. The Labute approximate surface area is 120 Å². The molecule has 0 saturated heterocycles. The average Bonchev–Trinajstić information content (AvgIpc) is 2.79. The van der Waals surface area contributed by atoms with E-state index in [0.29, 0.717) is 28.7 Å². The number of hydrogen-bond donors (Lipinski definition) is 1. The van der Waals surface area contributed by atoms with Crippen LogP contribution in [0.2, 0.25) is 0 Å². The Morgan fingerprint density at radius 3 is 2.52 bits per heavy atom. The number of aliphatic carboxylic acids is 1. The first-order chi connectivity index (χ1) is 9.81. The predicted octanol–water partition coefficient (Wildman–Crippen LogP) is 0.788. The molecule has 0 aliphatic carbocycles. The fraction of sp³-hybridized carbons (Fsp3) is 0.462. The van der Waals surface area contributed by atoms with Crippen molar-refractivity contribution in [3.63, 3.8) is 0 Å².